The molecule has 162 valence electrons. The number of hydrogen-bond acceptors (Lipinski definition) is 5. The summed E-state index contributed by atoms with van der Waals surface area (Å²) in [6, 6.07) is 9.86. The number of rotatable bonds is 5. The second kappa shape index (κ2) is 9.14. The van der Waals surface area contributed by atoms with Gasteiger partial charge in [0.15, 0.2) is 5.76 Å². The van der Waals surface area contributed by atoms with Crippen molar-refractivity contribution in [2.75, 3.05) is 31.9 Å². The average Bonchev–Trinajstić information content (AvgIpc) is 3.31. The van der Waals surface area contributed by atoms with E-state index in [-0.39, 0.29) is 11.8 Å². The van der Waals surface area contributed by atoms with Crippen LogP contribution in [0, 0.1) is 13.8 Å². The highest BCUT2D eigenvalue weighted by atomic mass is 32.2. The maximum absolute atomic E-state index is 12.8. The topological polar surface area (TPSA) is 66.7 Å². The van der Waals surface area contributed by atoms with Crippen LogP contribution in [-0.4, -0.2) is 58.5 Å². The number of amides is 2. The smallest absolute Gasteiger partial charge is 0.289 e. The first-order valence-electron chi connectivity index (χ1n) is 10.6. The second-order valence-electron chi connectivity index (χ2n) is 7.89. The largest absolute Gasteiger partial charge is 0.459 e. The molecule has 3 heterocycles. The normalized spacial score (nSPS) is 14.3. The van der Waals surface area contributed by atoms with Gasteiger partial charge in [-0.2, -0.15) is 0 Å². The molecule has 1 aromatic carbocycles. The van der Waals surface area contributed by atoms with Gasteiger partial charge in [0.25, 0.3) is 5.91 Å². The minimum atomic E-state index is -0.120. The third-order valence-electron chi connectivity index (χ3n) is 5.69. The zero-order valence-corrected chi connectivity index (χ0v) is 19.0. The molecule has 4 rings (SSSR count). The average molecular weight is 438 g/mol. The standard InChI is InChI=1S/C24H27N3O3S/c1-4-18-14-19-17(3)12-16(2)13-20(19)25-23(18)31-15-22(28)26-7-9-27(10-8-26)24(29)21-6-5-11-30-21/h5-6,11-14H,4,7-10,15H2,1-3H3. The van der Waals surface area contributed by atoms with Crippen molar-refractivity contribution in [3.8, 4) is 0 Å². The summed E-state index contributed by atoms with van der Waals surface area (Å²) in [6.07, 6.45) is 2.37. The number of carbonyl (C=O) groups is 2. The van der Waals surface area contributed by atoms with Crippen LogP contribution in [0.3, 0.4) is 0 Å². The molecule has 0 N–H and O–H groups in total. The molecule has 31 heavy (non-hydrogen) atoms. The van der Waals surface area contributed by atoms with Gasteiger partial charge in [-0.25, -0.2) is 4.98 Å². The Morgan fingerprint density at radius 2 is 1.84 bits per heavy atom. The molecule has 2 amide bonds. The van der Waals surface area contributed by atoms with E-state index >= 15 is 0 Å². The Morgan fingerprint density at radius 3 is 2.52 bits per heavy atom. The lowest BCUT2D eigenvalue weighted by Crippen LogP contribution is -2.51. The van der Waals surface area contributed by atoms with Crippen molar-refractivity contribution in [3.63, 3.8) is 0 Å². The van der Waals surface area contributed by atoms with Gasteiger partial charge in [-0.1, -0.05) is 24.8 Å². The van der Waals surface area contributed by atoms with Crippen molar-refractivity contribution in [2.45, 2.75) is 32.2 Å². The molecule has 0 radical (unpaired) electrons. The molecule has 7 heteroatoms. The van der Waals surface area contributed by atoms with E-state index in [0.717, 1.165) is 17.0 Å². The van der Waals surface area contributed by atoms with E-state index in [4.69, 9.17) is 9.40 Å². The molecule has 1 saturated heterocycles. The molecule has 1 fully saturated rings. The van der Waals surface area contributed by atoms with Gasteiger partial charge in [0, 0.05) is 31.6 Å². The summed E-state index contributed by atoms with van der Waals surface area (Å²) < 4.78 is 5.20. The minimum Gasteiger partial charge on any atom is -0.459 e. The van der Waals surface area contributed by atoms with E-state index in [1.165, 1.54) is 40.1 Å². The zero-order valence-electron chi connectivity index (χ0n) is 18.2. The van der Waals surface area contributed by atoms with Gasteiger partial charge >= 0.3 is 0 Å². The monoisotopic (exact) mass is 437 g/mol. The van der Waals surface area contributed by atoms with Crippen LogP contribution in [0.5, 0.6) is 0 Å². The van der Waals surface area contributed by atoms with Gasteiger partial charge in [0.05, 0.1) is 17.5 Å². The van der Waals surface area contributed by atoms with E-state index in [1.807, 2.05) is 4.90 Å². The summed E-state index contributed by atoms with van der Waals surface area (Å²) in [6.45, 7) is 8.42. The SMILES string of the molecule is CCc1cc2c(C)cc(C)cc2nc1SCC(=O)N1CCN(C(=O)c2ccco2)CC1. The van der Waals surface area contributed by atoms with Gasteiger partial charge in [-0.05, 0) is 61.2 Å². The number of hydrogen-bond donors (Lipinski definition) is 0. The molecule has 0 bridgehead atoms. The predicted molar refractivity (Wildman–Crippen MR) is 123 cm³/mol. The van der Waals surface area contributed by atoms with Gasteiger partial charge in [-0.3, -0.25) is 9.59 Å². The van der Waals surface area contributed by atoms with Crippen molar-refractivity contribution in [1.82, 2.24) is 14.8 Å². The molecule has 3 aromatic rings. The first-order chi connectivity index (χ1) is 15.0. The van der Waals surface area contributed by atoms with Gasteiger partial charge in [0.1, 0.15) is 5.03 Å². The van der Waals surface area contributed by atoms with Crippen LogP contribution in [-0.2, 0) is 11.2 Å². The fourth-order valence-corrected chi connectivity index (χ4v) is 4.96. The van der Waals surface area contributed by atoms with Crippen molar-refractivity contribution in [2.24, 2.45) is 0 Å². The molecule has 6 nitrogen and oxygen atoms in total. The lowest BCUT2D eigenvalue weighted by molar-refractivity contribution is -0.129. The number of nitrogens with zero attached hydrogens (tertiary/aromatic N) is 3. The third-order valence-corrected chi connectivity index (χ3v) is 6.71. The maximum Gasteiger partial charge on any atom is 0.289 e. The molecule has 1 aliphatic rings. The van der Waals surface area contributed by atoms with Crippen molar-refractivity contribution >= 4 is 34.5 Å². The van der Waals surface area contributed by atoms with Crippen LogP contribution in [0.2, 0.25) is 0 Å². The van der Waals surface area contributed by atoms with Crippen LogP contribution >= 0.6 is 11.8 Å². The summed E-state index contributed by atoms with van der Waals surface area (Å²) in [5.74, 6) is 0.655. The molecule has 0 aliphatic carbocycles. The summed E-state index contributed by atoms with van der Waals surface area (Å²) >= 11 is 1.51. The van der Waals surface area contributed by atoms with E-state index in [1.54, 1.807) is 17.0 Å². The fraction of sp³-hybridized carbons (Fsp3) is 0.375. The highest BCUT2D eigenvalue weighted by molar-refractivity contribution is 7.99. The second-order valence-corrected chi connectivity index (χ2v) is 8.86. The number of pyridine rings is 1. The van der Waals surface area contributed by atoms with Gasteiger partial charge < -0.3 is 14.2 Å². The highest BCUT2D eigenvalue weighted by Gasteiger charge is 2.26. The number of furan rings is 1. The predicted octanol–water partition coefficient (Wildman–Crippen LogP) is 4.08. The Kier molecular flexibility index (Phi) is 6.32. The third kappa shape index (κ3) is 4.61. The van der Waals surface area contributed by atoms with Crippen molar-refractivity contribution in [1.29, 1.82) is 0 Å². The zero-order chi connectivity index (χ0) is 22.0. The molecule has 1 aliphatic heterocycles. The van der Waals surface area contributed by atoms with Crippen LogP contribution in [0.1, 0.15) is 34.2 Å². The number of aromatic nitrogens is 1. The summed E-state index contributed by atoms with van der Waals surface area (Å²) in [4.78, 5) is 33.6. The lowest BCUT2D eigenvalue weighted by atomic mass is 10.0. The molecule has 2 aromatic heterocycles. The van der Waals surface area contributed by atoms with E-state index < -0.39 is 0 Å². The maximum atomic E-state index is 12.8. The van der Waals surface area contributed by atoms with Gasteiger partial charge in [-0.15, -0.1) is 0 Å². The fourth-order valence-electron chi connectivity index (χ4n) is 3.97. The Balaban J connectivity index is 1.39. The lowest BCUT2D eigenvalue weighted by Gasteiger charge is -2.34. The van der Waals surface area contributed by atoms with E-state index in [0.29, 0.717) is 37.7 Å². The quantitative estimate of drug-likeness (QED) is 0.563. The number of aryl methyl sites for hydroxylation is 3. The van der Waals surface area contributed by atoms with E-state index in [9.17, 15) is 9.59 Å². The number of fused-ring (bicyclic) bond motifs is 1. The number of piperazine rings is 1. The summed E-state index contributed by atoms with van der Waals surface area (Å²) in [5.41, 5.74) is 4.57. The molecule has 0 atom stereocenters. The van der Waals surface area contributed by atoms with Crippen LogP contribution in [0.15, 0.2) is 46.0 Å². The number of carbonyl (C=O) groups excluding carboxylic acids is 2. The minimum absolute atomic E-state index is 0.0828. The van der Waals surface area contributed by atoms with Crippen molar-refractivity contribution < 1.29 is 14.0 Å². The summed E-state index contributed by atoms with van der Waals surface area (Å²) in [7, 11) is 0. The van der Waals surface area contributed by atoms with Crippen LogP contribution in [0.4, 0.5) is 0 Å². The first kappa shape index (κ1) is 21.4. The molecule has 0 saturated carbocycles. The van der Waals surface area contributed by atoms with E-state index in [2.05, 4.69) is 39.0 Å². The van der Waals surface area contributed by atoms with Crippen LogP contribution < -0.4 is 0 Å². The summed E-state index contributed by atoms with van der Waals surface area (Å²) in [5, 5.41) is 2.11. The molecule has 0 unspecified atom stereocenters. The Bertz CT molecular complexity index is 1100. The van der Waals surface area contributed by atoms with Gasteiger partial charge in [0.2, 0.25) is 5.91 Å². The highest BCUT2D eigenvalue weighted by Crippen LogP contribution is 2.28. The molecular weight excluding hydrogens is 410 g/mol. The Hall–Kier alpha value is -2.80. The number of thioether (sulfide) groups is 1. The molecular formula is C24H27N3O3S. The van der Waals surface area contributed by atoms with Crippen LogP contribution in [0.25, 0.3) is 10.9 Å². The first-order valence-corrected chi connectivity index (χ1v) is 11.6. The molecule has 0 spiro atoms. The number of benzene rings is 1. The Labute approximate surface area is 186 Å². The van der Waals surface area contributed by atoms with Crippen molar-refractivity contribution in [3.05, 3.63) is 59.0 Å². The Morgan fingerprint density at radius 1 is 1.10 bits per heavy atom.